The molecule has 0 saturated carbocycles. The van der Waals surface area contributed by atoms with Crippen molar-refractivity contribution in [2.24, 2.45) is 11.8 Å². The fraction of sp³-hybridized carbons (Fsp3) is 0.375. The summed E-state index contributed by atoms with van der Waals surface area (Å²) in [7, 11) is 0. The molecule has 1 aromatic carbocycles. The molecule has 2 atom stereocenters. The maximum Gasteiger partial charge on any atom is 0.416 e. The fourth-order valence-corrected chi connectivity index (χ4v) is 2.97. The Hall–Kier alpha value is -1.71. The number of hydrogen-bond donors (Lipinski definition) is 0. The molecule has 2 aliphatic rings. The fourth-order valence-electron chi connectivity index (χ4n) is 2.97. The summed E-state index contributed by atoms with van der Waals surface area (Å²) >= 11 is 0. The van der Waals surface area contributed by atoms with Crippen LogP contribution in [0.1, 0.15) is 12.5 Å². The maximum absolute atomic E-state index is 12.6. The number of rotatable bonds is 1. The molecule has 0 aromatic heterocycles. The highest BCUT2D eigenvalue weighted by Gasteiger charge is 2.33. The van der Waals surface area contributed by atoms with Crippen LogP contribution < -0.4 is 4.90 Å². The van der Waals surface area contributed by atoms with E-state index in [0.29, 0.717) is 11.8 Å². The summed E-state index contributed by atoms with van der Waals surface area (Å²) in [4.78, 5) is 2.16. The van der Waals surface area contributed by atoms with Crippen LogP contribution in [0.3, 0.4) is 0 Å². The summed E-state index contributed by atoms with van der Waals surface area (Å²) in [5.74, 6) is 0.947. The first-order valence-corrected chi connectivity index (χ1v) is 6.72. The van der Waals surface area contributed by atoms with Crippen LogP contribution in [-0.4, -0.2) is 13.1 Å². The molecule has 0 spiro atoms. The number of fused-ring (bicyclic) bond motifs is 1. The van der Waals surface area contributed by atoms with Crippen LogP contribution in [0.15, 0.2) is 48.1 Å². The smallest absolute Gasteiger partial charge is 0.370 e. The Bertz CT molecular complexity index is 554. The second kappa shape index (κ2) is 4.69. The molecule has 1 heterocycles. The summed E-state index contributed by atoms with van der Waals surface area (Å²) in [6, 6.07) is 5.46. The molecular weight excluding hydrogens is 263 g/mol. The molecule has 1 fully saturated rings. The predicted octanol–water partition coefficient (Wildman–Crippen LogP) is 4.27. The molecule has 20 heavy (non-hydrogen) atoms. The van der Waals surface area contributed by atoms with Gasteiger partial charge in [0.15, 0.2) is 0 Å². The highest BCUT2D eigenvalue weighted by Crippen LogP contribution is 2.35. The third kappa shape index (κ3) is 2.47. The number of nitrogens with zero attached hydrogens (tertiary/aromatic N) is 1. The first-order chi connectivity index (χ1) is 9.43. The van der Waals surface area contributed by atoms with Gasteiger partial charge in [0.1, 0.15) is 0 Å². The zero-order valence-corrected chi connectivity index (χ0v) is 11.2. The second-order valence-electron chi connectivity index (χ2n) is 5.55. The van der Waals surface area contributed by atoms with E-state index >= 15 is 0 Å². The highest BCUT2D eigenvalue weighted by molar-refractivity contribution is 5.50. The number of halogens is 3. The summed E-state index contributed by atoms with van der Waals surface area (Å²) < 4.78 is 37.7. The Morgan fingerprint density at radius 2 is 1.70 bits per heavy atom. The minimum atomic E-state index is -4.26. The summed E-state index contributed by atoms with van der Waals surface area (Å²) in [5.41, 5.74) is 1.54. The van der Waals surface area contributed by atoms with E-state index in [-0.39, 0.29) is 0 Å². The van der Waals surface area contributed by atoms with Gasteiger partial charge in [0.2, 0.25) is 0 Å². The van der Waals surface area contributed by atoms with E-state index in [1.165, 1.54) is 5.57 Å². The number of alkyl halides is 3. The topological polar surface area (TPSA) is 3.24 Å². The molecule has 0 amide bonds. The summed E-state index contributed by atoms with van der Waals surface area (Å²) in [6.07, 6.45) is 2.33. The monoisotopic (exact) mass is 279 g/mol. The number of allylic oxidation sites excluding steroid dienone is 2. The Balaban J connectivity index is 1.77. The molecule has 106 valence electrons. The van der Waals surface area contributed by atoms with E-state index in [1.54, 1.807) is 12.1 Å². The molecule has 2 unspecified atom stereocenters. The van der Waals surface area contributed by atoms with Crippen molar-refractivity contribution in [1.82, 2.24) is 0 Å². The minimum Gasteiger partial charge on any atom is -0.370 e. The van der Waals surface area contributed by atoms with Gasteiger partial charge in [0, 0.05) is 30.6 Å². The molecule has 0 radical (unpaired) electrons. The van der Waals surface area contributed by atoms with E-state index in [0.717, 1.165) is 30.9 Å². The van der Waals surface area contributed by atoms with Gasteiger partial charge in [-0.2, -0.15) is 13.2 Å². The lowest BCUT2D eigenvalue weighted by Crippen LogP contribution is -2.19. The summed E-state index contributed by atoms with van der Waals surface area (Å²) in [5, 5.41) is 0. The standard InChI is InChI=1S/C16H16F3N/c1-11-2-3-12-9-20(10-13(12)8-11)15-6-4-14(5-7-15)16(17,18)19/h2-8,12-13H,9-10H2,1H3. The first kappa shape index (κ1) is 13.3. The van der Waals surface area contributed by atoms with E-state index in [9.17, 15) is 13.2 Å². The average molecular weight is 279 g/mol. The average Bonchev–Trinajstić information content (AvgIpc) is 2.80. The van der Waals surface area contributed by atoms with Crippen molar-refractivity contribution in [3.63, 3.8) is 0 Å². The molecule has 3 rings (SSSR count). The minimum absolute atomic E-state index is 0.473. The normalized spacial score (nSPS) is 25.6. The third-order valence-corrected chi connectivity index (χ3v) is 4.06. The Kier molecular flexibility index (Phi) is 3.11. The van der Waals surface area contributed by atoms with E-state index in [1.807, 2.05) is 0 Å². The zero-order valence-electron chi connectivity index (χ0n) is 11.2. The van der Waals surface area contributed by atoms with E-state index in [4.69, 9.17) is 0 Å². The number of anilines is 1. The van der Waals surface area contributed by atoms with E-state index < -0.39 is 11.7 Å². The van der Waals surface area contributed by atoms with Gasteiger partial charge in [-0.3, -0.25) is 0 Å². The van der Waals surface area contributed by atoms with Crippen LogP contribution in [0.25, 0.3) is 0 Å². The van der Waals surface area contributed by atoms with Gasteiger partial charge in [0.05, 0.1) is 5.56 Å². The van der Waals surface area contributed by atoms with Crippen LogP contribution in [0.2, 0.25) is 0 Å². The van der Waals surface area contributed by atoms with Gasteiger partial charge in [-0.1, -0.05) is 23.8 Å². The molecule has 0 bridgehead atoms. The molecule has 1 aromatic rings. The molecular formula is C16H16F3N. The Morgan fingerprint density at radius 3 is 2.35 bits per heavy atom. The molecule has 1 aliphatic heterocycles. The van der Waals surface area contributed by atoms with Crippen molar-refractivity contribution >= 4 is 5.69 Å². The van der Waals surface area contributed by atoms with Gasteiger partial charge in [-0.05, 0) is 31.2 Å². The third-order valence-electron chi connectivity index (χ3n) is 4.06. The van der Waals surface area contributed by atoms with Crippen LogP contribution in [0.4, 0.5) is 18.9 Å². The Morgan fingerprint density at radius 1 is 1.05 bits per heavy atom. The predicted molar refractivity (Wildman–Crippen MR) is 73.5 cm³/mol. The van der Waals surface area contributed by atoms with Gasteiger partial charge >= 0.3 is 6.18 Å². The van der Waals surface area contributed by atoms with Gasteiger partial charge < -0.3 is 4.90 Å². The largest absolute Gasteiger partial charge is 0.416 e. The first-order valence-electron chi connectivity index (χ1n) is 6.72. The molecule has 4 heteroatoms. The van der Waals surface area contributed by atoms with Crippen LogP contribution in [-0.2, 0) is 6.18 Å². The van der Waals surface area contributed by atoms with Crippen LogP contribution in [0, 0.1) is 11.8 Å². The molecule has 1 nitrogen and oxygen atoms in total. The van der Waals surface area contributed by atoms with Gasteiger partial charge in [0.25, 0.3) is 0 Å². The van der Waals surface area contributed by atoms with Crippen molar-refractivity contribution in [3.8, 4) is 0 Å². The Labute approximate surface area is 116 Å². The van der Waals surface area contributed by atoms with Gasteiger partial charge in [-0.15, -0.1) is 0 Å². The quantitative estimate of drug-likeness (QED) is 0.742. The van der Waals surface area contributed by atoms with Crippen LogP contribution >= 0.6 is 0 Å². The van der Waals surface area contributed by atoms with Crippen molar-refractivity contribution in [2.45, 2.75) is 13.1 Å². The molecule has 1 saturated heterocycles. The number of benzene rings is 1. The highest BCUT2D eigenvalue weighted by atomic mass is 19.4. The lowest BCUT2D eigenvalue weighted by molar-refractivity contribution is -0.137. The van der Waals surface area contributed by atoms with Crippen molar-refractivity contribution in [2.75, 3.05) is 18.0 Å². The van der Waals surface area contributed by atoms with Crippen molar-refractivity contribution in [3.05, 3.63) is 53.6 Å². The second-order valence-corrected chi connectivity index (χ2v) is 5.55. The van der Waals surface area contributed by atoms with Crippen molar-refractivity contribution in [1.29, 1.82) is 0 Å². The maximum atomic E-state index is 12.6. The van der Waals surface area contributed by atoms with Crippen LogP contribution in [0.5, 0.6) is 0 Å². The number of hydrogen-bond acceptors (Lipinski definition) is 1. The lowest BCUT2D eigenvalue weighted by Gasteiger charge is -2.19. The SMILES string of the molecule is CC1=CC2CN(c3ccc(C(F)(F)F)cc3)CC2C=C1. The molecule has 1 aliphatic carbocycles. The lowest BCUT2D eigenvalue weighted by atomic mass is 9.89. The molecule has 0 N–H and O–H groups in total. The van der Waals surface area contributed by atoms with Gasteiger partial charge in [-0.25, -0.2) is 0 Å². The van der Waals surface area contributed by atoms with E-state index in [2.05, 4.69) is 30.1 Å². The van der Waals surface area contributed by atoms with Crippen molar-refractivity contribution < 1.29 is 13.2 Å². The zero-order chi connectivity index (χ0) is 14.3. The summed E-state index contributed by atoms with van der Waals surface area (Å²) in [6.45, 7) is 3.82.